The van der Waals surface area contributed by atoms with Crippen LogP contribution in [0, 0.1) is 5.92 Å². The normalized spacial score (nSPS) is 23.2. The lowest BCUT2D eigenvalue weighted by atomic mass is 9.87. The summed E-state index contributed by atoms with van der Waals surface area (Å²) in [6.45, 7) is 0. The summed E-state index contributed by atoms with van der Waals surface area (Å²) in [7, 11) is -3.47. The van der Waals surface area contributed by atoms with Crippen molar-refractivity contribution in [3.05, 3.63) is 42.7 Å². The maximum atomic E-state index is 12.6. The van der Waals surface area contributed by atoms with E-state index in [1.807, 2.05) is 24.3 Å². The van der Waals surface area contributed by atoms with Crippen molar-refractivity contribution in [1.29, 1.82) is 0 Å². The van der Waals surface area contributed by atoms with Gasteiger partial charge in [0.05, 0.1) is 11.9 Å². The molecule has 1 atom stereocenters. The molecule has 24 heavy (non-hydrogen) atoms. The third-order valence-corrected chi connectivity index (χ3v) is 6.48. The highest BCUT2D eigenvalue weighted by molar-refractivity contribution is 7.89. The summed E-state index contributed by atoms with van der Waals surface area (Å²) in [6.07, 6.45) is 9.03. The highest BCUT2D eigenvalue weighted by Crippen LogP contribution is 2.35. The molecule has 6 heteroatoms. The minimum atomic E-state index is -3.47. The molecule has 0 amide bonds. The van der Waals surface area contributed by atoms with Crippen LogP contribution in [-0.2, 0) is 10.0 Å². The van der Waals surface area contributed by atoms with Crippen LogP contribution in [0.25, 0.3) is 11.1 Å². The van der Waals surface area contributed by atoms with Gasteiger partial charge in [0.1, 0.15) is 4.90 Å². The summed E-state index contributed by atoms with van der Waals surface area (Å²) in [4.78, 5) is 4.46. The maximum absolute atomic E-state index is 12.6. The van der Waals surface area contributed by atoms with Gasteiger partial charge in [0.15, 0.2) is 0 Å². The predicted octanol–water partition coefficient (Wildman–Crippen LogP) is 3.36. The number of fused-ring (bicyclic) bond motifs is 1. The highest BCUT2D eigenvalue weighted by Gasteiger charge is 2.34. The Labute approximate surface area is 142 Å². The Morgan fingerprint density at radius 1 is 1.04 bits per heavy atom. The number of rotatable bonds is 2. The van der Waals surface area contributed by atoms with Crippen LogP contribution in [0.1, 0.15) is 32.1 Å². The van der Waals surface area contributed by atoms with Gasteiger partial charge in [-0.2, -0.15) is 4.72 Å². The van der Waals surface area contributed by atoms with E-state index < -0.39 is 10.0 Å². The summed E-state index contributed by atoms with van der Waals surface area (Å²) in [5.41, 5.74) is 2.63. The van der Waals surface area contributed by atoms with Gasteiger partial charge in [-0.1, -0.05) is 31.4 Å². The van der Waals surface area contributed by atoms with Crippen molar-refractivity contribution in [1.82, 2.24) is 9.71 Å². The SMILES string of the molecule is O=S1(=O)NC(C2CCCCC2)Nc2cc(-c3cccnc3)ccc21. The molecule has 2 aromatic rings. The molecule has 1 unspecified atom stereocenters. The molecule has 0 saturated heterocycles. The average molecular weight is 343 g/mol. The minimum Gasteiger partial charge on any atom is -0.368 e. The highest BCUT2D eigenvalue weighted by atomic mass is 32.2. The van der Waals surface area contributed by atoms with E-state index in [2.05, 4.69) is 15.0 Å². The van der Waals surface area contributed by atoms with E-state index in [4.69, 9.17) is 0 Å². The Morgan fingerprint density at radius 2 is 1.88 bits per heavy atom. The van der Waals surface area contributed by atoms with Gasteiger partial charge in [-0.15, -0.1) is 0 Å². The molecular weight excluding hydrogens is 322 g/mol. The van der Waals surface area contributed by atoms with E-state index >= 15 is 0 Å². The van der Waals surface area contributed by atoms with E-state index in [-0.39, 0.29) is 6.17 Å². The zero-order chi connectivity index (χ0) is 16.6. The van der Waals surface area contributed by atoms with E-state index in [1.165, 1.54) is 19.3 Å². The van der Waals surface area contributed by atoms with Crippen LogP contribution in [0.4, 0.5) is 5.69 Å². The lowest BCUT2D eigenvalue weighted by Gasteiger charge is -2.35. The predicted molar refractivity (Wildman–Crippen MR) is 94.0 cm³/mol. The van der Waals surface area contributed by atoms with Crippen LogP contribution in [0.15, 0.2) is 47.6 Å². The molecule has 1 aliphatic carbocycles. The fourth-order valence-electron chi connectivity index (χ4n) is 3.70. The number of anilines is 1. The van der Waals surface area contributed by atoms with Gasteiger partial charge in [-0.05, 0) is 42.5 Å². The molecule has 0 bridgehead atoms. The number of hydrogen-bond donors (Lipinski definition) is 2. The molecule has 2 N–H and O–H groups in total. The second-order valence-electron chi connectivity index (χ2n) is 6.59. The van der Waals surface area contributed by atoms with Gasteiger partial charge in [0.2, 0.25) is 10.0 Å². The number of hydrogen-bond acceptors (Lipinski definition) is 4. The Kier molecular flexibility index (Phi) is 4.02. The number of nitrogens with one attached hydrogen (secondary N) is 2. The van der Waals surface area contributed by atoms with Gasteiger partial charge in [0, 0.05) is 18.0 Å². The number of benzene rings is 1. The second kappa shape index (κ2) is 6.18. The first-order chi connectivity index (χ1) is 11.6. The second-order valence-corrected chi connectivity index (χ2v) is 8.28. The Bertz CT molecular complexity index is 831. The first kappa shape index (κ1) is 15.6. The monoisotopic (exact) mass is 343 g/mol. The zero-order valence-corrected chi connectivity index (χ0v) is 14.2. The van der Waals surface area contributed by atoms with Gasteiger partial charge in [0.25, 0.3) is 0 Å². The third-order valence-electron chi connectivity index (χ3n) is 4.98. The van der Waals surface area contributed by atoms with Crippen LogP contribution in [0.3, 0.4) is 0 Å². The van der Waals surface area contributed by atoms with E-state index in [0.29, 0.717) is 16.5 Å². The van der Waals surface area contributed by atoms with Crippen LogP contribution in [0.2, 0.25) is 0 Å². The molecule has 1 saturated carbocycles. The smallest absolute Gasteiger partial charge is 0.244 e. The summed E-state index contributed by atoms with van der Waals surface area (Å²) in [5.74, 6) is 0.351. The van der Waals surface area contributed by atoms with E-state index in [0.717, 1.165) is 24.0 Å². The molecule has 5 nitrogen and oxygen atoms in total. The summed E-state index contributed by atoms with van der Waals surface area (Å²) < 4.78 is 28.0. The van der Waals surface area contributed by atoms with Crippen LogP contribution < -0.4 is 10.0 Å². The van der Waals surface area contributed by atoms with Crippen molar-refractivity contribution in [2.45, 2.75) is 43.2 Å². The first-order valence-electron chi connectivity index (χ1n) is 8.47. The Balaban J connectivity index is 1.70. The molecule has 0 radical (unpaired) electrons. The Hall–Kier alpha value is -1.92. The molecule has 126 valence electrons. The lowest BCUT2D eigenvalue weighted by Crippen LogP contribution is -2.49. The van der Waals surface area contributed by atoms with Crippen LogP contribution >= 0.6 is 0 Å². The van der Waals surface area contributed by atoms with Crippen LogP contribution in [-0.4, -0.2) is 19.6 Å². The number of aromatic nitrogens is 1. The third kappa shape index (κ3) is 2.91. The molecule has 1 aromatic heterocycles. The molecule has 2 aliphatic rings. The fourth-order valence-corrected chi connectivity index (χ4v) is 5.07. The van der Waals surface area contributed by atoms with Crippen molar-refractivity contribution >= 4 is 15.7 Å². The maximum Gasteiger partial charge on any atom is 0.244 e. The first-order valence-corrected chi connectivity index (χ1v) is 9.95. The van der Waals surface area contributed by atoms with Crippen molar-refractivity contribution in [3.8, 4) is 11.1 Å². The van der Waals surface area contributed by atoms with Crippen LogP contribution in [0.5, 0.6) is 0 Å². The molecule has 1 aliphatic heterocycles. The van der Waals surface area contributed by atoms with Crippen molar-refractivity contribution in [3.63, 3.8) is 0 Å². The van der Waals surface area contributed by atoms with Crippen molar-refractivity contribution < 1.29 is 8.42 Å². The standard InChI is InChI=1S/C18H21N3O2S/c22-24(23)17-9-8-14(15-7-4-10-19-12-15)11-16(17)20-18(21-24)13-5-2-1-3-6-13/h4,7-13,18,20-21H,1-3,5-6H2. The average Bonchev–Trinajstić information content (AvgIpc) is 2.62. The van der Waals surface area contributed by atoms with Crippen molar-refractivity contribution in [2.75, 3.05) is 5.32 Å². The number of pyridine rings is 1. The summed E-state index contributed by atoms with van der Waals surface area (Å²) in [6, 6.07) is 9.27. The molecule has 1 fully saturated rings. The topological polar surface area (TPSA) is 71.1 Å². The van der Waals surface area contributed by atoms with Gasteiger partial charge < -0.3 is 5.32 Å². The molecule has 0 spiro atoms. The molecule has 1 aromatic carbocycles. The molecule has 2 heterocycles. The molecule has 4 rings (SSSR count). The summed E-state index contributed by atoms with van der Waals surface area (Å²) in [5, 5.41) is 3.42. The number of sulfonamides is 1. The lowest BCUT2D eigenvalue weighted by molar-refractivity contribution is 0.306. The van der Waals surface area contributed by atoms with E-state index in [9.17, 15) is 8.42 Å². The minimum absolute atomic E-state index is 0.216. The molecular formula is C18H21N3O2S. The van der Waals surface area contributed by atoms with Gasteiger partial charge in [-0.3, -0.25) is 4.98 Å². The zero-order valence-electron chi connectivity index (χ0n) is 13.4. The fraction of sp³-hybridized carbons (Fsp3) is 0.389. The quantitative estimate of drug-likeness (QED) is 0.877. The van der Waals surface area contributed by atoms with Gasteiger partial charge in [-0.25, -0.2) is 8.42 Å². The van der Waals surface area contributed by atoms with Crippen molar-refractivity contribution in [2.24, 2.45) is 5.92 Å². The number of nitrogens with zero attached hydrogens (tertiary/aromatic N) is 1. The largest absolute Gasteiger partial charge is 0.368 e. The van der Waals surface area contributed by atoms with Gasteiger partial charge >= 0.3 is 0 Å². The summed E-state index contributed by atoms with van der Waals surface area (Å²) >= 11 is 0. The Morgan fingerprint density at radius 3 is 2.62 bits per heavy atom. The van der Waals surface area contributed by atoms with E-state index in [1.54, 1.807) is 18.5 Å².